The number of hydrogen-bond donors (Lipinski definition) is 20. The fourth-order valence-electron chi connectivity index (χ4n) is 8.43. The molecule has 25 N–H and O–H groups in total. The number of benzene rings is 1. The first-order valence-electron chi connectivity index (χ1n) is 27.0. The summed E-state index contributed by atoms with van der Waals surface area (Å²) in [5.41, 5.74) is 27.6. The number of aliphatic hydroxyl groups excluding tert-OH is 4. The van der Waals surface area contributed by atoms with Crippen molar-refractivity contribution in [2.24, 2.45) is 33.7 Å². The van der Waals surface area contributed by atoms with Crippen LogP contribution in [0.5, 0.6) is 0 Å². The highest BCUT2D eigenvalue weighted by Crippen LogP contribution is 2.36. The van der Waals surface area contributed by atoms with E-state index in [0.29, 0.717) is 18.4 Å². The zero-order valence-electron chi connectivity index (χ0n) is 47.5. The first-order chi connectivity index (χ1) is 40.3. The molecular weight excluding hydrogens is 1160 g/mol. The number of phosphoric ester groups is 1. The highest BCUT2D eigenvalue weighted by molar-refractivity contribution is 7.46. The molecule has 0 saturated carbocycles. The van der Waals surface area contributed by atoms with Crippen molar-refractivity contribution >= 4 is 84.7 Å². The summed E-state index contributed by atoms with van der Waals surface area (Å²) in [5.74, 6) is -13.6. The molecule has 37 heteroatoms. The first-order valence-corrected chi connectivity index (χ1v) is 28.5. The van der Waals surface area contributed by atoms with Gasteiger partial charge in [-0.2, -0.15) is 0 Å². The number of rotatable bonds is 38. The van der Waals surface area contributed by atoms with Crippen LogP contribution in [0.25, 0.3) is 0 Å². The van der Waals surface area contributed by atoms with Gasteiger partial charge in [-0.15, -0.1) is 0 Å². The number of phosphoric acid groups is 1. The molecule has 0 bridgehead atoms. The van der Waals surface area contributed by atoms with Crippen molar-refractivity contribution in [2.75, 3.05) is 39.5 Å². The van der Waals surface area contributed by atoms with Crippen LogP contribution in [0.15, 0.2) is 35.3 Å². The Bertz CT molecular complexity index is 2590. The van der Waals surface area contributed by atoms with Crippen molar-refractivity contribution in [2.45, 2.75) is 151 Å². The summed E-state index contributed by atoms with van der Waals surface area (Å²) >= 11 is 0. The van der Waals surface area contributed by atoms with E-state index in [1.807, 2.05) is 0 Å². The molecule has 1 heterocycles. The molecule has 1 saturated heterocycles. The van der Waals surface area contributed by atoms with Crippen LogP contribution in [-0.2, 0) is 73.0 Å². The third-order valence-corrected chi connectivity index (χ3v) is 13.3. The lowest BCUT2D eigenvalue weighted by molar-refractivity contribution is -0.144. The second-order valence-electron chi connectivity index (χ2n) is 19.9. The standard InChI is InChI=1S/C49H81N16O20P/c1-24(68)37(63-44(77)33(22-67)61-40(73)29(14-9-17-55-49(53)54)58-43(76)32(21-66)56-26(3)70)47(80)62-34(23-85-86(82,83)84)48(81)65-18-10-15-35(65)45(78)64-38(25(2)69)46(79)60-30(19-27-11-5-4-6-12-27)41(74)59-31(20-36(51)71)42(75)57-28(39(52)72)13-7-8-16-50/h4-6,11-12,24-25,28-35,37-38,66-69H,7-10,13-23,50H2,1-3H3,(H2,51,71)(H2,52,72)(H,56,70)(H,57,75)(H,58,76)(H,59,74)(H,60,79)(H,61,73)(H,62,80)(H,63,77)(H,64,78)(H4,53,54,55)(H2,82,83,84)/t24-,25-,28+,29+,30+,31+,32+,33+,34+,35+,37+,38+/m1/s1. The normalized spacial score (nSPS) is 16.9. The highest BCUT2D eigenvalue weighted by atomic mass is 31.2. The molecule has 1 aliphatic heterocycles. The fraction of sp³-hybridized carbons (Fsp3) is 0.612. The summed E-state index contributed by atoms with van der Waals surface area (Å²) in [4.78, 5) is 184. The summed E-state index contributed by atoms with van der Waals surface area (Å²) in [6.07, 6.45) is -4.08. The maximum absolute atomic E-state index is 14.3. The van der Waals surface area contributed by atoms with Crippen molar-refractivity contribution in [1.29, 1.82) is 0 Å². The van der Waals surface area contributed by atoms with Gasteiger partial charge in [0.1, 0.15) is 60.4 Å². The second kappa shape index (κ2) is 36.8. The number of primary amides is 2. The number of amides is 12. The van der Waals surface area contributed by atoms with Crippen LogP contribution in [0.3, 0.4) is 0 Å². The molecule has 1 aromatic carbocycles. The van der Waals surface area contributed by atoms with Gasteiger partial charge in [-0.25, -0.2) is 4.57 Å². The molecule has 12 atom stereocenters. The van der Waals surface area contributed by atoms with E-state index >= 15 is 0 Å². The quantitative estimate of drug-likeness (QED) is 0.0127. The van der Waals surface area contributed by atoms with E-state index in [9.17, 15) is 92.3 Å². The lowest BCUT2D eigenvalue weighted by atomic mass is 10.0. The van der Waals surface area contributed by atoms with Gasteiger partial charge >= 0.3 is 7.82 Å². The van der Waals surface area contributed by atoms with Crippen molar-refractivity contribution in [3.63, 3.8) is 0 Å². The lowest BCUT2D eigenvalue weighted by Gasteiger charge is -2.31. The zero-order chi connectivity index (χ0) is 65.0. The molecule has 0 aromatic heterocycles. The predicted octanol–water partition coefficient (Wildman–Crippen LogP) is -10.00. The summed E-state index contributed by atoms with van der Waals surface area (Å²) in [6.45, 7) is -0.326. The lowest BCUT2D eigenvalue weighted by Crippen LogP contribution is -2.63. The fourth-order valence-corrected chi connectivity index (χ4v) is 8.77. The van der Waals surface area contributed by atoms with Crippen LogP contribution >= 0.6 is 7.82 Å². The molecule has 86 heavy (non-hydrogen) atoms. The van der Waals surface area contributed by atoms with Gasteiger partial charge in [0.25, 0.3) is 0 Å². The van der Waals surface area contributed by atoms with Gasteiger partial charge in [0.2, 0.25) is 70.9 Å². The topological polar surface area (TPSA) is 606 Å². The first kappa shape index (κ1) is 74.1. The maximum Gasteiger partial charge on any atom is 0.469 e. The summed E-state index contributed by atoms with van der Waals surface area (Å²) < 4.78 is 16.5. The molecule has 482 valence electrons. The summed E-state index contributed by atoms with van der Waals surface area (Å²) in [6, 6.07) is -9.27. The van der Waals surface area contributed by atoms with E-state index in [-0.39, 0.29) is 64.1 Å². The molecule has 1 fully saturated rings. The number of nitrogens with zero attached hydrogens (tertiary/aromatic N) is 2. The number of likely N-dealkylation sites (tertiary alicyclic amines) is 1. The summed E-state index contributed by atoms with van der Waals surface area (Å²) in [7, 11) is -5.45. The average molecular weight is 1250 g/mol. The van der Waals surface area contributed by atoms with Crippen LogP contribution in [0.1, 0.15) is 77.7 Å². The number of aliphatic hydroxyl groups is 4. The number of aliphatic imine (C=N–C) groups is 1. The van der Waals surface area contributed by atoms with Gasteiger partial charge in [-0.3, -0.25) is 67.1 Å². The minimum atomic E-state index is -5.45. The Morgan fingerprint density at radius 2 is 1.13 bits per heavy atom. The van der Waals surface area contributed by atoms with Crippen LogP contribution in [-0.4, -0.2) is 224 Å². The van der Waals surface area contributed by atoms with Crippen LogP contribution < -0.4 is 76.5 Å². The molecule has 2 rings (SSSR count). The number of nitrogens with two attached hydrogens (primary N) is 5. The van der Waals surface area contributed by atoms with Gasteiger partial charge < -0.3 is 112 Å². The minimum absolute atomic E-state index is 0.0284. The average Bonchev–Trinajstić information content (AvgIpc) is 2.67. The van der Waals surface area contributed by atoms with Crippen molar-refractivity contribution in [3.8, 4) is 0 Å². The molecule has 0 aliphatic carbocycles. The van der Waals surface area contributed by atoms with E-state index in [2.05, 4.69) is 57.4 Å². The number of carbonyl (C=O) groups is 12. The largest absolute Gasteiger partial charge is 0.469 e. The second-order valence-corrected chi connectivity index (χ2v) is 21.2. The molecule has 1 aliphatic rings. The van der Waals surface area contributed by atoms with Gasteiger partial charge in [0.05, 0.1) is 38.4 Å². The van der Waals surface area contributed by atoms with Gasteiger partial charge in [-0.1, -0.05) is 30.3 Å². The Balaban J connectivity index is 2.42. The number of unbranched alkanes of at least 4 members (excludes halogenated alkanes) is 1. The molecule has 0 unspecified atom stereocenters. The third kappa shape index (κ3) is 26.1. The highest BCUT2D eigenvalue weighted by Gasteiger charge is 2.42. The van der Waals surface area contributed by atoms with Gasteiger partial charge in [0.15, 0.2) is 5.96 Å². The van der Waals surface area contributed by atoms with E-state index in [1.54, 1.807) is 30.3 Å². The molecule has 36 nitrogen and oxygen atoms in total. The third-order valence-electron chi connectivity index (χ3n) is 12.8. The number of carbonyl (C=O) groups excluding carboxylic acids is 12. The van der Waals surface area contributed by atoms with Gasteiger partial charge in [0, 0.05) is 26.4 Å². The van der Waals surface area contributed by atoms with Gasteiger partial charge in [-0.05, 0) is 70.9 Å². The smallest absolute Gasteiger partial charge is 0.394 e. The van der Waals surface area contributed by atoms with Crippen molar-refractivity contribution in [1.82, 2.24) is 52.8 Å². The number of nitrogens with one attached hydrogen (secondary N) is 9. The number of hydrogen-bond acceptors (Lipinski definition) is 20. The molecule has 12 amide bonds. The van der Waals surface area contributed by atoms with Crippen molar-refractivity contribution in [3.05, 3.63) is 35.9 Å². The summed E-state index contributed by atoms with van der Waals surface area (Å²) in [5, 5.41) is 61.7. The van der Waals surface area contributed by atoms with Crippen LogP contribution in [0.2, 0.25) is 0 Å². The Kier molecular flexibility index (Phi) is 31.7. The van der Waals surface area contributed by atoms with E-state index < -0.39 is 178 Å². The Labute approximate surface area is 493 Å². The molecular formula is C49H81N16O20P. The van der Waals surface area contributed by atoms with E-state index in [1.165, 1.54) is 0 Å². The molecule has 1 aromatic rings. The van der Waals surface area contributed by atoms with Crippen LogP contribution in [0, 0.1) is 0 Å². The molecule has 0 radical (unpaired) electrons. The number of guanidine groups is 1. The minimum Gasteiger partial charge on any atom is -0.394 e. The zero-order valence-corrected chi connectivity index (χ0v) is 48.4. The Morgan fingerprint density at radius 3 is 1.66 bits per heavy atom. The Morgan fingerprint density at radius 1 is 0.640 bits per heavy atom. The van der Waals surface area contributed by atoms with E-state index in [4.69, 9.17) is 28.7 Å². The molecule has 0 spiro atoms. The van der Waals surface area contributed by atoms with Crippen LogP contribution in [0.4, 0.5) is 0 Å². The predicted molar refractivity (Wildman–Crippen MR) is 299 cm³/mol. The Hall–Kier alpha value is -7.96. The maximum atomic E-state index is 14.3. The SMILES string of the molecule is CC(=O)N[C@@H](CO)C(=O)N[C@@H](CCCN=C(N)N)C(=O)N[C@@H](CO)C(=O)N[C@H](C(=O)N[C@@H](COP(=O)(O)O)C(=O)N1CCC[C@H]1C(=O)N[C@H](C(=O)N[C@@H](Cc1ccccc1)C(=O)N[C@@H](CC(N)=O)C(=O)N[C@@H](CCCCN)C(N)=O)[C@@H](C)O)[C@@H](C)O. The van der Waals surface area contributed by atoms with Crippen molar-refractivity contribution < 1.29 is 96.8 Å². The monoisotopic (exact) mass is 1240 g/mol. The van der Waals surface area contributed by atoms with E-state index in [0.717, 1.165) is 25.7 Å².